The molecule has 0 saturated heterocycles. The number of halogens is 3. The van der Waals surface area contributed by atoms with Crippen LogP contribution in [0.15, 0.2) is 24.4 Å². The standard InChI is InChI=1S/C28H31F3N6O3/c1-14(16-4-5-16)36-12-18-10-17(11-20(28(29,30)31)22(18)27(36)40)21-8-9-37-25(34-21)23(24(32)35-37)26(39)33-19-6-2-15(13-38)3-7-19/h8-11,14-16,19,38H,2-7,12-13H2,1H3,(H2,32,35)(H,33,39)/t14?,15-,19-. The zero-order valence-electron chi connectivity index (χ0n) is 22.0. The lowest BCUT2D eigenvalue weighted by Gasteiger charge is -2.27. The van der Waals surface area contributed by atoms with Crippen molar-refractivity contribution < 1.29 is 27.9 Å². The third-order valence-electron chi connectivity index (χ3n) is 8.61. The molecule has 2 saturated carbocycles. The van der Waals surface area contributed by atoms with Crippen molar-refractivity contribution >= 4 is 23.3 Å². The highest BCUT2D eigenvalue weighted by molar-refractivity contribution is 6.04. The van der Waals surface area contributed by atoms with Crippen LogP contribution in [0.25, 0.3) is 16.9 Å². The first-order valence-electron chi connectivity index (χ1n) is 13.7. The average Bonchev–Trinajstić information content (AvgIpc) is 3.64. The number of carbonyl (C=O) groups excluding carboxylic acids is 2. The summed E-state index contributed by atoms with van der Waals surface area (Å²) >= 11 is 0. The van der Waals surface area contributed by atoms with Gasteiger partial charge in [-0.3, -0.25) is 9.59 Å². The lowest BCUT2D eigenvalue weighted by molar-refractivity contribution is -0.137. The number of rotatable bonds is 6. The Labute approximate surface area is 228 Å². The monoisotopic (exact) mass is 556 g/mol. The van der Waals surface area contributed by atoms with Crippen molar-refractivity contribution in [2.24, 2.45) is 11.8 Å². The number of carbonyl (C=O) groups is 2. The van der Waals surface area contributed by atoms with Crippen molar-refractivity contribution in [2.45, 2.75) is 70.3 Å². The Morgan fingerprint density at radius 1 is 1.20 bits per heavy atom. The molecule has 0 bridgehead atoms. The topological polar surface area (TPSA) is 126 Å². The van der Waals surface area contributed by atoms with E-state index in [4.69, 9.17) is 5.73 Å². The van der Waals surface area contributed by atoms with Gasteiger partial charge in [-0.1, -0.05) is 0 Å². The number of benzene rings is 1. The number of aliphatic hydroxyl groups excluding tert-OH is 1. The second kappa shape index (κ2) is 9.76. The fourth-order valence-corrected chi connectivity index (χ4v) is 6.08. The molecule has 2 aromatic heterocycles. The summed E-state index contributed by atoms with van der Waals surface area (Å²) in [7, 11) is 0. The molecule has 2 fully saturated rings. The molecule has 1 aliphatic heterocycles. The molecule has 2 amide bonds. The first-order chi connectivity index (χ1) is 19.0. The fraction of sp³-hybridized carbons (Fsp3) is 0.500. The molecule has 12 heteroatoms. The van der Waals surface area contributed by atoms with Crippen LogP contribution >= 0.6 is 0 Å². The molecule has 0 radical (unpaired) electrons. The molecule has 2 aliphatic carbocycles. The van der Waals surface area contributed by atoms with Crippen LogP contribution in [0.5, 0.6) is 0 Å². The molecule has 0 spiro atoms. The minimum Gasteiger partial charge on any atom is -0.396 e. The van der Waals surface area contributed by atoms with E-state index in [1.165, 1.54) is 21.7 Å². The molecular weight excluding hydrogens is 525 g/mol. The quantitative estimate of drug-likeness (QED) is 0.421. The largest absolute Gasteiger partial charge is 0.417 e. The van der Waals surface area contributed by atoms with Crippen LogP contribution < -0.4 is 11.1 Å². The second-order valence-corrected chi connectivity index (χ2v) is 11.3. The molecular formula is C28H31F3N6O3. The zero-order chi connectivity index (χ0) is 28.3. The van der Waals surface area contributed by atoms with Crippen LogP contribution in [0, 0.1) is 11.8 Å². The minimum absolute atomic E-state index is 0.0357. The Bertz CT molecular complexity index is 1490. The first-order valence-corrected chi connectivity index (χ1v) is 13.7. The Morgan fingerprint density at radius 3 is 2.58 bits per heavy atom. The summed E-state index contributed by atoms with van der Waals surface area (Å²) in [5.74, 6) is -0.533. The molecule has 3 aromatic rings. The van der Waals surface area contributed by atoms with E-state index >= 15 is 0 Å². The molecule has 3 aliphatic rings. The molecule has 3 heterocycles. The van der Waals surface area contributed by atoms with Crippen molar-refractivity contribution in [3.63, 3.8) is 0 Å². The lowest BCUT2D eigenvalue weighted by Crippen LogP contribution is -2.38. The second-order valence-electron chi connectivity index (χ2n) is 11.3. The predicted octanol–water partition coefficient (Wildman–Crippen LogP) is 4.03. The highest BCUT2D eigenvalue weighted by Gasteiger charge is 2.44. The third kappa shape index (κ3) is 4.67. The van der Waals surface area contributed by atoms with Gasteiger partial charge in [0.2, 0.25) is 0 Å². The van der Waals surface area contributed by atoms with Crippen molar-refractivity contribution in [1.82, 2.24) is 24.8 Å². The molecule has 6 rings (SSSR count). The number of nitrogens with zero attached hydrogens (tertiary/aromatic N) is 4. The number of aliphatic hydroxyl groups is 1. The minimum atomic E-state index is -4.74. The summed E-state index contributed by atoms with van der Waals surface area (Å²) < 4.78 is 44.0. The van der Waals surface area contributed by atoms with Crippen molar-refractivity contribution in [3.05, 3.63) is 46.6 Å². The number of fused-ring (bicyclic) bond motifs is 2. The zero-order valence-corrected chi connectivity index (χ0v) is 22.0. The summed E-state index contributed by atoms with van der Waals surface area (Å²) in [6.07, 6.45) is 1.75. The van der Waals surface area contributed by atoms with E-state index < -0.39 is 23.6 Å². The SMILES string of the molecule is CC(C1CC1)N1Cc2cc(-c3ccn4nc(N)c(C(=O)N[C@H]5CC[C@H](CO)CC5)c4n3)cc(C(F)(F)F)c2C1=O. The van der Waals surface area contributed by atoms with Crippen LogP contribution in [0.4, 0.5) is 19.0 Å². The summed E-state index contributed by atoms with van der Waals surface area (Å²) in [6.45, 7) is 2.12. The predicted molar refractivity (Wildman–Crippen MR) is 140 cm³/mol. The van der Waals surface area contributed by atoms with E-state index in [-0.39, 0.29) is 65.0 Å². The molecule has 40 heavy (non-hydrogen) atoms. The number of aromatic nitrogens is 3. The van der Waals surface area contributed by atoms with Gasteiger partial charge in [-0.25, -0.2) is 9.50 Å². The first kappa shape index (κ1) is 26.5. The Morgan fingerprint density at radius 2 is 1.93 bits per heavy atom. The molecule has 1 aromatic carbocycles. The smallest absolute Gasteiger partial charge is 0.396 e. The van der Waals surface area contributed by atoms with Gasteiger partial charge in [0.15, 0.2) is 11.5 Å². The molecule has 9 nitrogen and oxygen atoms in total. The molecule has 212 valence electrons. The number of nitrogen functional groups attached to an aromatic ring is 1. The van der Waals surface area contributed by atoms with E-state index in [0.29, 0.717) is 11.5 Å². The van der Waals surface area contributed by atoms with Gasteiger partial charge >= 0.3 is 6.18 Å². The van der Waals surface area contributed by atoms with Gasteiger partial charge in [0.25, 0.3) is 11.8 Å². The van der Waals surface area contributed by atoms with Gasteiger partial charge in [0.05, 0.1) is 16.8 Å². The van der Waals surface area contributed by atoms with E-state index in [9.17, 15) is 27.9 Å². The maximum absolute atomic E-state index is 14.2. The van der Waals surface area contributed by atoms with Gasteiger partial charge in [0.1, 0.15) is 5.56 Å². The summed E-state index contributed by atoms with van der Waals surface area (Å²) in [5, 5.41) is 16.5. The number of hydrogen-bond acceptors (Lipinski definition) is 6. The maximum atomic E-state index is 14.2. The Balaban J connectivity index is 1.35. The third-order valence-corrected chi connectivity index (χ3v) is 8.61. The fourth-order valence-electron chi connectivity index (χ4n) is 6.08. The van der Waals surface area contributed by atoms with Crippen LogP contribution in [-0.2, 0) is 12.7 Å². The van der Waals surface area contributed by atoms with E-state index in [0.717, 1.165) is 44.6 Å². The van der Waals surface area contributed by atoms with Gasteiger partial charge in [-0.2, -0.15) is 13.2 Å². The Kier molecular flexibility index (Phi) is 6.47. The van der Waals surface area contributed by atoms with Gasteiger partial charge in [-0.15, -0.1) is 5.10 Å². The van der Waals surface area contributed by atoms with Crippen molar-refractivity contribution in [2.75, 3.05) is 12.3 Å². The van der Waals surface area contributed by atoms with Crippen LogP contribution in [0.1, 0.15) is 77.3 Å². The van der Waals surface area contributed by atoms with Crippen molar-refractivity contribution in [1.29, 1.82) is 0 Å². The molecule has 4 N–H and O–H groups in total. The maximum Gasteiger partial charge on any atom is 0.417 e. The lowest BCUT2D eigenvalue weighted by atomic mass is 9.86. The van der Waals surface area contributed by atoms with Crippen LogP contribution in [0.3, 0.4) is 0 Å². The Hall–Kier alpha value is -3.67. The van der Waals surface area contributed by atoms with E-state index in [1.807, 2.05) is 6.92 Å². The highest BCUT2D eigenvalue weighted by Crippen LogP contribution is 2.43. The normalized spacial score (nSPS) is 22.0. The van der Waals surface area contributed by atoms with Gasteiger partial charge in [0, 0.05) is 37.0 Å². The number of anilines is 1. The van der Waals surface area contributed by atoms with Crippen LogP contribution in [0.2, 0.25) is 0 Å². The van der Waals surface area contributed by atoms with Gasteiger partial charge < -0.3 is 21.1 Å². The average molecular weight is 557 g/mol. The van der Waals surface area contributed by atoms with Crippen LogP contribution in [-0.4, -0.2) is 55.1 Å². The molecule has 1 unspecified atom stereocenters. The number of amides is 2. The number of hydrogen-bond donors (Lipinski definition) is 3. The van der Waals surface area contributed by atoms with Crippen molar-refractivity contribution in [3.8, 4) is 11.3 Å². The van der Waals surface area contributed by atoms with E-state index in [2.05, 4.69) is 15.4 Å². The number of nitrogens with one attached hydrogen (secondary N) is 1. The number of nitrogens with two attached hydrogens (primary N) is 1. The number of alkyl halides is 3. The summed E-state index contributed by atoms with van der Waals surface area (Å²) in [5.41, 5.74) is 5.70. The van der Waals surface area contributed by atoms with Gasteiger partial charge in [-0.05, 0) is 81.0 Å². The highest BCUT2D eigenvalue weighted by atomic mass is 19.4. The molecule has 1 atom stereocenters. The summed E-state index contributed by atoms with van der Waals surface area (Å²) in [6, 6.07) is 3.84. The van der Waals surface area contributed by atoms with E-state index in [1.54, 1.807) is 6.07 Å². The summed E-state index contributed by atoms with van der Waals surface area (Å²) in [4.78, 5) is 32.4.